The predicted molar refractivity (Wildman–Crippen MR) is 56.1 cm³/mol. The van der Waals surface area contributed by atoms with Gasteiger partial charge in [0.2, 0.25) is 0 Å². The maximum atomic E-state index is 10.5. The van der Waals surface area contributed by atoms with Crippen LogP contribution in [0.25, 0.3) is 0 Å². The van der Waals surface area contributed by atoms with Crippen molar-refractivity contribution in [3.63, 3.8) is 0 Å². The summed E-state index contributed by atoms with van der Waals surface area (Å²) in [5.41, 5.74) is 0.803. The van der Waals surface area contributed by atoms with E-state index in [-0.39, 0.29) is 56.9 Å². The Hall–Kier alpha value is -0.274. The van der Waals surface area contributed by atoms with Gasteiger partial charge in [-0.3, -0.25) is 5.01 Å². The summed E-state index contributed by atoms with van der Waals surface area (Å²) in [7, 11) is 0. The van der Waals surface area contributed by atoms with Gasteiger partial charge in [0, 0.05) is 13.1 Å². The van der Waals surface area contributed by atoms with Crippen LogP contribution in [0, 0.1) is 0 Å². The molecule has 0 spiro atoms. The molecule has 0 radical (unpaired) electrons. The molecule has 6 heteroatoms. The Morgan fingerprint density at radius 1 is 1.18 bits per heavy atom. The van der Waals surface area contributed by atoms with Crippen molar-refractivity contribution in [2.75, 3.05) is 13.1 Å². The SMILES string of the molecule is O=C([O-])c1ccc(N=NN2CCCC2)cc1.[K+]. The zero-order valence-corrected chi connectivity index (χ0v) is 12.9. The largest absolute Gasteiger partial charge is 1.00 e. The minimum Gasteiger partial charge on any atom is -0.545 e. The number of carbonyl (C=O) groups excluding carboxylic acids is 1. The predicted octanol–water partition coefficient (Wildman–Crippen LogP) is -1.85. The monoisotopic (exact) mass is 257 g/mol. The van der Waals surface area contributed by atoms with E-state index in [1.165, 1.54) is 12.1 Å². The van der Waals surface area contributed by atoms with Gasteiger partial charge in [0.25, 0.3) is 0 Å². The maximum absolute atomic E-state index is 10.5. The average molecular weight is 257 g/mol. The van der Waals surface area contributed by atoms with E-state index in [0.717, 1.165) is 25.9 Å². The van der Waals surface area contributed by atoms with E-state index in [0.29, 0.717) is 5.69 Å². The smallest absolute Gasteiger partial charge is 0.545 e. The first-order valence-electron chi connectivity index (χ1n) is 5.24. The Morgan fingerprint density at radius 2 is 1.76 bits per heavy atom. The number of nitrogens with zero attached hydrogens (tertiary/aromatic N) is 3. The van der Waals surface area contributed by atoms with Crippen LogP contribution in [0.3, 0.4) is 0 Å². The maximum Gasteiger partial charge on any atom is 1.00 e. The van der Waals surface area contributed by atoms with Crippen LogP contribution in [0.2, 0.25) is 0 Å². The zero-order valence-electron chi connectivity index (χ0n) is 9.80. The summed E-state index contributed by atoms with van der Waals surface area (Å²) in [4.78, 5) is 10.5. The Balaban J connectivity index is 0.00000144. The van der Waals surface area contributed by atoms with Gasteiger partial charge < -0.3 is 9.90 Å². The van der Waals surface area contributed by atoms with Crippen molar-refractivity contribution in [3.05, 3.63) is 29.8 Å². The molecule has 1 heterocycles. The molecule has 1 fully saturated rings. The summed E-state index contributed by atoms with van der Waals surface area (Å²) in [5.74, 6) is -1.18. The fourth-order valence-electron chi connectivity index (χ4n) is 1.57. The van der Waals surface area contributed by atoms with E-state index in [4.69, 9.17) is 0 Å². The van der Waals surface area contributed by atoms with Crippen LogP contribution in [-0.4, -0.2) is 24.1 Å². The molecule has 0 unspecified atom stereocenters. The van der Waals surface area contributed by atoms with Crippen LogP contribution in [0.15, 0.2) is 34.6 Å². The molecule has 5 nitrogen and oxygen atoms in total. The van der Waals surface area contributed by atoms with E-state index < -0.39 is 5.97 Å². The number of carboxylic acid groups (broad SMARTS) is 1. The van der Waals surface area contributed by atoms with Gasteiger partial charge in [0.1, 0.15) is 0 Å². The fourth-order valence-corrected chi connectivity index (χ4v) is 1.57. The molecular formula is C11H12KN3O2. The van der Waals surface area contributed by atoms with Crippen molar-refractivity contribution in [3.8, 4) is 0 Å². The van der Waals surface area contributed by atoms with Gasteiger partial charge >= 0.3 is 51.4 Å². The standard InChI is InChI=1S/C11H13N3O2.K/c15-11(16)9-3-5-10(6-4-9)12-13-14-7-1-2-8-14;/h3-6H,1-2,7-8H2,(H,15,16);/q;+1/p-1. The molecule has 1 saturated heterocycles. The van der Waals surface area contributed by atoms with Crippen molar-refractivity contribution in [2.24, 2.45) is 10.3 Å². The summed E-state index contributed by atoms with van der Waals surface area (Å²) in [6.07, 6.45) is 2.31. The number of benzene rings is 1. The van der Waals surface area contributed by atoms with Gasteiger partial charge in [0.05, 0.1) is 11.7 Å². The molecule has 1 aliphatic heterocycles. The first-order valence-corrected chi connectivity index (χ1v) is 5.24. The number of hydrogen-bond acceptors (Lipinski definition) is 4. The van der Waals surface area contributed by atoms with Crippen molar-refractivity contribution >= 4 is 11.7 Å². The molecule has 0 aliphatic carbocycles. The second kappa shape index (κ2) is 7.23. The summed E-state index contributed by atoms with van der Waals surface area (Å²) in [6.45, 7) is 1.89. The second-order valence-corrected chi connectivity index (χ2v) is 3.68. The van der Waals surface area contributed by atoms with Gasteiger partial charge in [-0.05, 0) is 30.5 Å². The van der Waals surface area contributed by atoms with Gasteiger partial charge in [-0.2, -0.15) is 0 Å². The van der Waals surface area contributed by atoms with Crippen LogP contribution in [-0.2, 0) is 0 Å². The van der Waals surface area contributed by atoms with Crippen LogP contribution in [0.4, 0.5) is 5.69 Å². The Morgan fingerprint density at radius 3 is 2.29 bits per heavy atom. The second-order valence-electron chi connectivity index (χ2n) is 3.68. The molecule has 0 amide bonds. The summed E-state index contributed by atoms with van der Waals surface area (Å²) < 4.78 is 0. The average Bonchev–Trinajstić information content (AvgIpc) is 2.80. The first-order chi connectivity index (χ1) is 7.75. The molecule has 17 heavy (non-hydrogen) atoms. The van der Waals surface area contributed by atoms with Crippen LogP contribution in [0.5, 0.6) is 0 Å². The molecule has 84 valence electrons. The molecule has 0 atom stereocenters. The number of hydrogen-bond donors (Lipinski definition) is 0. The quantitative estimate of drug-likeness (QED) is 0.471. The van der Waals surface area contributed by atoms with Gasteiger partial charge in [-0.25, -0.2) is 0 Å². The molecule has 0 N–H and O–H groups in total. The first kappa shape index (κ1) is 14.8. The summed E-state index contributed by atoms with van der Waals surface area (Å²) >= 11 is 0. The topological polar surface area (TPSA) is 68.1 Å². The van der Waals surface area contributed by atoms with Crippen LogP contribution >= 0.6 is 0 Å². The van der Waals surface area contributed by atoms with Crippen LogP contribution < -0.4 is 56.5 Å². The third-order valence-electron chi connectivity index (χ3n) is 2.47. The van der Waals surface area contributed by atoms with Crippen molar-refractivity contribution in [1.29, 1.82) is 0 Å². The zero-order chi connectivity index (χ0) is 11.4. The van der Waals surface area contributed by atoms with E-state index in [2.05, 4.69) is 10.3 Å². The Kier molecular flexibility index (Phi) is 6.28. The molecule has 0 bridgehead atoms. The molecule has 0 aromatic heterocycles. The molecular weight excluding hydrogens is 245 g/mol. The minimum atomic E-state index is -1.18. The Labute approximate surface area is 142 Å². The van der Waals surface area contributed by atoms with E-state index in [1.54, 1.807) is 12.1 Å². The molecule has 1 aromatic carbocycles. The number of carbonyl (C=O) groups is 1. The van der Waals surface area contributed by atoms with Gasteiger partial charge in [-0.15, -0.1) is 5.11 Å². The summed E-state index contributed by atoms with van der Waals surface area (Å²) in [6, 6.07) is 6.16. The fraction of sp³-hybridized carbons (Fsp3) is 0.364. The van der Waals surface area contributed by atoms with Crippen molar-refractivity contribution < 1.29 is 61.3 Å². The molecule has 1 aromatic rings. The van der Waals surface area contributed by atoms with Crippen LogP contribution in [0.1, 0.15) is 23.2 Å². The van der Waals surface area contributed by atoms with Crippen molar-refractivity contribution in [1.82, 2.24) is 5.01 Å². The third kappa shape index (κ3) is 4.48. The minimum absolute atomic E-state index is 0. The normalized spacial score (nSPS) is 14.9. The summed E-state index contributed by atoms with van der Waals surface area (Å²) in [5, 5.41) is 20.5. The number of rotatable bonds is 3. The van der Waals surface area contributed by atoms with E-state index in [1.807, 2.05) is 5.01 Å². The Bertz CT molecular complexity index is 400. The number of carboxylic acids is 1. The third-order valence-corrected chi connectivity index (χ3v) is 2.47. The van der Waals surface area contributed by atoms with Crippen molar-refractivity contribution in [2.45, 2.75) is 12.8 Å². The van der Waals surface area contributed by atoms with Gasteiger partial charge in [-0.1, -0.05) is 17.4 Å². The van der Waals surface area contributed by atoms with Gasteiger partial charge in [0.15, 0.2) is 0 Å². The molecule has 0 saturated carbocycles. The molecule has 2 rings (SSSR count). The number of aromatic carboxylic acids is 1. The van der Waals surface area contributed by atoms with E-state index in [9.17, 15) is 9.90 Å². The molecule has 1 aliphatic rings. The van der Waals surface area contributed by atoms with E-state index >= 15 is 0 Å².